The van der Waals surface area contributed by atoms with Crippen LogP contribution in [0, 0.1) is 6.92 Å². The van der Waals surface area contributed by atoms with Crippen molar-refractivity contribution in [3.63, 3.8) is 0 Å². The average molecular weight is 441 g/mol. The van der Waals surface area contributed by atoms with Gasteiger partial charge in [-0.2, -0.15) is 0 Å². The molecule has 0 aliphatic carbocycles. The number of rotatable bonds is 1. The van der Waals surface area contributed by atoms with E-state index in [1.54, 1.807) is 30.9 Å². The number of amides is 1. The molecule has 1 atom stereocenters. The zero-order valence-corrected chi connectivity index (χ0v) is 18.4. The molecule has 0 fully saturated rings. The van der Waals surface area contributed by atoms with E-state index in [1.165, 1.54) is 0 Å². The van der Waals surface area contributed by atoms with E-state index < -0.39 is 0 Å². The van der Waals surface area contributed by atoms with Crippen LogP contribution in [0.2, 0.25) is 0 Å². The Morgan fingerprint density at radius 3 is 2.85 bits per heavy atom. The zero-order chi connectivity index (χ0) is 22.8. The van der Waals surface area contributed by atoms with Gasteiger partial charge >= 0.3 is 0 Å². The summed E-state index contributed by atoms with van der Waals surface area (Å²) in [7, 11) is 0. The average Bonchev–Trinajstić information content (AvgIpc) is 3.32. The van der Waals surface area contributed by atoms with E-state index in [4.69, 9.17) is 4.74 Å². The van der Waals surface area contributed by atoms with Gasteiger partial charge in [0, 0.05) is 35.3 Å². The highest BCUT2D eigenvalue weighted by molar-refractivity contribution is 6.06. The van der Waals surface area contributed by atoms with E-state index in [1.807, 2.05) is 35.8 Å². The molecule has 9 nitrogen and oxygen atoms in total. The number of aryl methyl sites for hydroxylation is 1. The minimum atomic E-state index is -0.351. The van der Waals surface area contributed by atoms with E-state index in [2.05, 4.69) is 37.4 Å². The van der Waals surface area contributed by atoms with Gasteiger partial charge in [0.05, 0.1) is 6.61 Å². The molecule has 33 heavy (non-hydrogen) atoms. The number of hydrogen-bond acceptors (Lipinski definition) is 7. The molecule has 0 saturated heterocycles. The first-order valence-corrected chi connectivity index (χ1v) is 10.8. The molecule has 4 aromatic rings. The molecular weight excluding hydrogens is 418 g/mol. The van der Waals surface area contributed by atoms with Crippen LogP contribution in [0.15, 0.2) is 55.1 Å². The first-order valence-electron chi connectivity index (χ1n) is 10.8. The summed E-state index contributed by atoms with van der Waals surface area (Å²) in [5.74, 6) is 1.01. The highest BCUT2D eigenvalue weighted by atomic mass is 16.5. The number of nitrogens with zero attached hydrogens (tertiary/aromatic N) is 6. The fourth-order valence-electron chi connectivity index (χ4n) is 3.77. The summed E-state index contributed by atoms with van der Waals surface area (Å²) in [6.07, 6.45) is 6.80. The van der Waals surface area contributed by atoms with Crippen molar-refractivity contribution < 1.29 is 9.53 Å². The van der Waals surface area contributed by atoms with Crippen molar-refractivity contribution in [1.82, 2.24) is 29.7 Å². The molecule has 166 valence electrons. The summed E-state index contributed by atoms with van der Waals surface area (Å²) in [4.78, 5) is 26.6. The summed E-state index contributed by atoms with van der Waals surface area (Å²) < 4.78 is 7.93. The maximum Gasteiger partial charge on any atom is 0.262 e. The maximum atomic E-state index is 13.2. The van der Waals surface area contributed by atoms with Crippen LogP contribution < -0.4 is 10.1 Å². The fourth-order valence-corrected chi connectivity index (χ4v) is 3.77. The molecule has 0 aromatic carbocycles. The van der Waals surface area contributed by atoms with Crippen LogP contribution >= 0.6 is 0 Å². The summed E-state index contributed by atoms with van der Waals surface area (Å²) in [6, 6.07) is 11.2. The van der Waals surface area contributed by atoms with Crippen molar-refractivity contribution in [1.29, 1.82) is 0 Å². The molecule has 0 radical (unpaired) electrons. The first-order chi connectivity index (χ1) is 16.1. The lowest BCUT2D eigenvalue weighted by Gasteiger charge is -2.17. The predicted octanol–water partition coefficient (Wildman–Crippen LogP) is 4.09. The number of fused-ring (bicyclic) bond motifs is 5. The maximum absolute atomic E-state index is 13.2. The van der Waals surface area contributed by atoms with Gasteiger partial charge in [-0.1, -0.05) is 12.1 Å². The normalized spacial score (nSPS) is 16.1. The second kappa shape index (κ2) is 8.78. The molecule has 1 aliphatic rings. The number of carbonyl (C=O) groups excluding carboxylic acids is 1. The Morgan fingerprint density at radius 2 is 2.00 bits per heavy atom. The van der Waals surface area contributed by atoms with Crippen LogP contribution in [-0.2, 0) is 0 Å². The number of carbonyl (C=O) groups is 1. The van der Waals surface area contributed by atoms with Gasteiger partial charge in [-0.25, -0.2) is 9.97 Å². The lowest BCUT2D eigenvalue weighted by molar-refractivity contribution is 0.102. The van der Waals surface area contributed by atoms with Gasteiger partial charge in [0.1, 0.15) is 23.4 Å². The minimum Gasteiger partial charge on any atom is -0.477 e. The van der Waals surface area contributed by atoms with E-state index in [-0.39, 0.29) is 11.9 Å². The molecule has 1 N–H and O–H groups in total. The van der Waals surface area contributed by atoms with Crippen molar-refractivity contribution in [2.45, 2.75) is 32.7 Å². The van der Waals surface area contributed by atoms with Gasteiger partial charge in [0.15, 0.2) is 5.82 Å². The van der Waals surface area contributed by atoms with Crippen molar-refractivity contribution in [2.75, 3.05) is 11.9 Å². The molecule has 1 aliphatic heterocycles. The molecule has 0 spiro atoms. The predicted molar refractivity (Wildman–Crippen MR) is 123 cm³/mol. The van der Waals surface area contributed by atoms with Gasteiger partial charge in [0.2, 0.25) is 5.88 Å². The summed E-state index contributed by atoms with van der Waals surface area (Å²) in [5, 5.41) is 11.2. The Kier molecular flexibility index (Phi) is 5.52. The number of hydrogen-bond donors (Lipinski definition) is 1. The number of pyridine rings is 3. The summed E-state index contributed by atoms with van der Waals surface area (Å²) >= 11 is 0. The molecule has 2 bridgehead atoms. The Balaban J connectivity index is 1.55. The third-order valence-electron chi connectivity index (χ3n) is 5.61. The van der Waals surface area contributed by atoms with Crippen LogP contribution in [0.3, 0.4) is 0 Å². The monoisotopic (exact) mass is 441 g/mol. The van der Waals surface area contributed by atoms with E-state index >= 15 is 0 Å². The van der Waals surface area contributed by atoms with E-state index in [0.717, 1.165) is 29.7 Å². The molecule has 4 aromatic heterocycles. The molecule has 5 heterocycles. The second-order valence-electron chi connectivity index (χ2n) is 8.03. The number of aromatic nitrogens is 6. The molecule has 1 unspecified atom stereocenters. The van der Waals surface area contributed by atoms with Gasteiger partial charge in [-0.3, -0.25) is 9.78 Å². The molecule has 9 heteroatoms. The van der Waals surface area contributed by atoms with Gasteiger partial charge in [-0.05, 0) is 51.0 Å². The van der Waals surface area contributed by atoms with Gasteiger partial charge in [-0.15, -0.1) is 10.2 Å². The Bertz CT molecular complexity index is 1300. The van der Waals surface area contributed by atoms with Crippen LogP contribution in [0.25, 0.3) is 22.6 Å². The Hall–Kier alpha value is -4.14. The Labute approximate surface area is 190 Å². The van der Waals surface area contributed by atoms with Crippen molar-refractivity contribution >= 4 is 11.7 Å². The SMILES string of the molecule is Cc1ccc(-c2cnc3c(c2)C(=O)Nc2cccc(n2)-c2nncn2C(C)CCCO3)cn1. The Morgan fingerprint density at radius 1 is 1.12 bits per heavy atom. The van der Waals surface area contributed by atoms with Crippen LogP contribution in [0.4, 0.5) is 5.82 Å². The van der Waals surface area contributed by atoms with Gasteiger partial charge in [0.25, 0.3) is 5.91 Å². The molecular formula is C24H23N7O2. The topological polar surface area (TPSA) is 108 Å². The number of anilines is 1. The molecule has 1 amide bonds. The fraction of sp³-hybridized carbons (Fsp3) is 0.250. The minimum absolute atomic E-state index is 0.158. The summed E-state index contributed by atoms with van der Waals surface area (Å²) in [6.45, 7) is 4.47. The summed E-state index contributed by atoms with van der Waals surface area (Å²) in [5.41, 5.74) is 3.56. The van der Waals surface area contributed by atoms with Crippen LogP contribution in [0.1, 0.15) is 41.9 Å². The smallest absolute Gasteiger partial charge is 0.262 e. The first kappa shape index (κ1) is 20.7. The third kappa shape index (κ3) is 4.30. The van der Waals surface area contributed by atoms with Crippen molar-refractivity contribution in [3.8, 4) is 28.5 Å². The van der Waals surface area contributed by atoms with Crippen LogP contribution in [-0.4, -0.2) is 42.2 Å². The number of ether oxygens (including phenoxy) is 1. The standard InChI is InChI=1S/C24H23N7O2/c1-15-8-9-17(12-25-15)18-11-19-23(32)29-21-7-3-6-20(28-21)22-30-27-14-31(22)16(2)5-4-10-33-24(19)26-13-18/h3,6-9,11-14,16H,4-5,10H2,1-2H3,(H,28,29,32). The van der Waals surface area contributed by atoms with Crippen LogP contribution in [0.5, 0.6) is 5.88 Å². The van der Waals surface area contributed by atoms with Gasteiger partial charge < -0.3 is 14.6 Å². The highest BCUT2D eigenvalue weighted by Gasteiger charge is 2.20. The third-order valence-corrected chi connectivity index (χ3v) is 5.61. The second-order valence-corrected chi connectivity index (χ2v) is 8.03. The lowest BCUT2D eigenvalue weighted by Crippen LogP contribution is -2.17. The molecule has 5 rings (SSSR count). The van der Waals surface area contributed by atoms with Crippen molar-refractivity contribution in [3.05, 3.63) is 66.4 Å². The zero-order valence-electron chi connectivity index (χ0n) is 18.4. The van der Waals surface area contributed by atoms with Crippen molar-refractivity contribution in [2.24, 2.45) is 0 Å². The van der Waals surface area contributed by atoms with E-state index in [0.29, 0.717) is 35.4 Å². The van der Waals surface area contributed by atoms with E-state index in [9.17, 15) is 4.79 Å². The largest absolute Gasteiger partial charge is 0.477 e. The molecule has 0 saturated carbocycles. The number of nitrogens with one attached hydrogen (secondary N) is 1. The highest BCUT2D eigenvalue weighted by Crippen LogP contribution is 2.27. The quantitative estimate of drug-likeness (QED) is 0.474. The lowest BCUT2D eigenvalue weighted by atomic mass is 10.1.